The Labute approximate surface area is 126 Å². The molecule has 19 heavy (non-hydrogen) atoms. The van der Waals surface area contributed by atoms with E-state index < -0.39 is 0 Å². The maximum atomic E-state index is 6.02. The van der Waals surface area contributed by atoms with Crippen molar-refractivity contribution in [3.05, 3.63) is 63.6 Å². The molecule has 0 saturated carbocycles. The Morgan fingerprint density at radius 2 is 1.63 bits per heavy atom. The normalized spacial score (nSPS) is 13.9. The molecule has 2 N–H and O–H groups in total. The van der Waals surface area contributed by atoms with E-state index in [-0.39, 0.29) is 12.1 Å². The van der Waals surface area contributed by atoms with Gasteiger partial charge < -0.3 is 10.5 Å². The Morgan fingerprint density at radius 1 is 1.05 bits per heavy atom. The number of nitrogens with two attached hydrogens (primary N) is 1. The predicted octanol–water partition coefficient (Wildman–Crippen LogP) is 4.57. The first-order chi connectivity index (χ1) is 9.06. The van der Waals surface area contributed by atoms with Crippen LogP contribution in [0.25, 0.3) is 0 Å². The Kier molecular flexibility index (Phi) is 4.86. The Morgan fingerprint density at radius 3 is 2.16 bits per heavy atom. The molecule has 0 aliphatic heterocycles. The van der Waals surface area contributed by atoms with Crippen molar-refractivity contribution < 1.29 is 4.74 Å². The molecule has 0 aromatic heterocycles. The van der Waals surface area contributed by atoms with Crippen LogP contribution in [0.1, 0.15) is 18.6 Å². The van der Waals surface area contributed by atoms with E-state index in [0.29, 0.717) is 5.02 Å². The van der Waals surface area contributed by atoms with Gasteiger partial charge in [0.2, 0.25) is 0 Å². The van der Waals surface area contributed by atoms with Crippen LogP contribution in [0.4, 0.5) is 0 Å². The molecule has 4 heteroatoms. The van der Waals surface area contributed by atoms with Gasteiger partial charge in [-0.1, -0.05) is 39.7 Å². The average molecular weight is 341 g/mol. The van der Waals surface area contributed by atoms with Crippen LogP contribution in [-0.2, 0) is 0 Å². The minimum atomic E-state index is -0.186. The lowest BCUT2D eigenvalue weighted by molar-refractivity contribution is 0.180. The molecule has 100 valence electrons. The van der Waals surface area contributed by atoms with Crippen molar-refractivity contribution in [3.8, 4) is 5.75 Å². The van der Waals surface area contributed by atoms with Gasteiger partial charge in [-0.25, -0.2) is 0 Å². The molecule has 0 saturated heterocycles. The summed E-state index contributed by atoms with van der Waals surface area (Å²) in [6.07, 6.45) is -0.186. The lowest BCUT2D eigenvalue weighted by Crippen LogP contribution is -2.29. The largest absolute Gasteiger partial charge is 0.484 e. The van der Waals surface area contributed by atoms with Crippen molar-refractivity contribution in [1.29, 1.82) is 0 Å². The SMILES string of the molecule is CC(N)C(Oc1ccc(Cl)cc1)c1ccc(Br)cc1. The second-order valence-corrected chi connectivity index (χ2v) is 5.76. The topological polar surface area (TPSA) is 35.2 Å². The summed E-state index contributed by atoms with van der Waals surface area (Å²) in [6.45, 7) is 1.93. The van der Waals surface area contributed by atoms with Gasteiger partial charge in [0.1, 0.15) is 11.9 Å². The van der Waals surface area contributed by atoms with Gasteiger partial charge in [0.15, 0.2) is 0 Å². The van der Waals surface area contributed by atoms with Crippen molar-refractivity contribution in [3.63, 3.8) is 0 Å². The molecule has 2 unspecified atom stereocenters. The van der Waals surface area contributed by atoms with Crippen molar-refractivity contribution in [2.75, 3.05) is 0 Å². The van der Waals surface area contributed by atoms with E-state index in [0.717, 1.165) is 15.8 Å². The standard InChI is InChI=1S/C15H15BrClNO/c1-10(18)15(11-2-4-12(16)5-3-11)19-14-8-6-13(17)7-9-14/h2-10,15H,18H2,1H3. The highest BCUT2D eigenvalue weighted by molar-refractivity contribution is 9.10. The van der Waals surface area contributed by atoms with E-state index in [2.05, 4.69) is 15.9 Å². The number of ether oxygens (including phenoxy) is 1. The molecule has 2 atom stereocenters. The van der Waals surface area contributed by atoms with E-state index in [4.69, 9.17) is 22.1 Å². The van der Waals surface area contributed by atoms with E-state index in [1.807, 2.05) is 43.3 Å². The molecule has 0 aliphatic carbocycles. The zero-order valence-electron chi connectivity index (χ0n) is 10.5. The van der Waals surface area contributed by atoms with Crippen LogP contribution in [0, 0.1) is 0 Å². The monoisotopic (exact) mass is 339 g/mol. The van der Waals surface area contributed by atoms with Crippen LogP contribution in [-0.4, -0.2) is 6.04 Å². The molecule has 0 fully saturated rings. The van der Waals surface area contributed by atoms with E-state index in [1.54, 1.807) is 12.1 Å². The Hall–Kier alpha value is -1.03. The molecular weight excluding hydrogens is 326 g/mol. The van der Waals surface area contributed by atoms with Crippen LogP contribution >= 0.6 is 27.5 Å². The summed E-state index contributed by atoms with van der Waals surface area (Å²) in [6, 6.07) is 15.2. The fourth-order valence-electron chi connectivity index (χ4n) is 1.79. The zero-order valence-corrected chi connectivity index (χ0v) is 12.9. The number of halogens is 2. The van der Waals surface area contributed by atoms with E-state index >= 15 is 0 Å². The van der Waals surface area contributed by atoms with Crippen molar-refractivity contribution in [1.82, 2.24) is 0 Å². The van der Waals surface area contributed by atoms with Crippen molar-refractivity contribution in [2.45, 2.75) is 19.1 Å². The number of benzene rings is 2. The molecule has 2 aromatic carbocycles. The Bertz CT molecular complexity index is 525. The van der Waals surface area contributed by atoms with Crippen LogP contribution in [0.5, 0.6) is 5.75 Å². The molecule has 2 rings (SSSR count). The van der Waals surface area contributed by atoms with E-state index in [9.17, 15) is 0 Å². The third-order valence-electron chi connectivity index (χ3n) is 2.75. The van der Waals surface area contributed by atoms with Gasteiger partial charge in [0.25, 0.3) is 0 Å². The van der Waals surface area contributed by atoms with Gasteiger partial charge >= 0.3 is 0 Å². The van der Waals surface area contributed by atoms with Gasteiger partial charge in [-0.3, -0.25) is 0 Å². The lowest BCUT2D eigenvalue weighted by atomic mass is 10.0. The summed E-state index contributed by atoms with van der Waals surface area (Å²) >= 11 is 9.28. The molecule has 0 spiro atoms. The van der Waals surface area contributed by atoms with Crippen molar-refractivity contribution >= 4 is 27.5 Å². The number of hydrogen-bond acceptors (Lipinski definition) is 2. The average Bonchev–Trinajstić information content (AvgIpc) is 2.39. The third-order valence-corrected chi connectivity index (χ3v) is 3.53. The molecule has 0 aliphatic rings. The van der Waals surface area contributed by atoms with Gasteiger partial charge in [-0.2, -0.15) is 0 Å². The third kappa shape index (κ3) is 3.96. The minimum Gasteiger partial charge on any atom is -0.484 e. The summed E-state index contributed by atoms with van der Waals surface area (Å²) in [5.41, 5.74) is 7.07. The zero-order chi connectivity index (χ0) is 13.8. The number of hydrogen-bond donors (Lipinski definition) is 1. The molecule has 2 aromatic rings. The summed E-state index contributed by atoms with van der Waals surface area (Å²) in [7, 11) is 0. The summed E-state index contributed by atoms with van der Waals surface area (Å²) in [4.78, 5) is 0. The minimum absolute atomic E-state index is 0.114. The molecule has 0 heterocycles. The summed E-state index contributed by atoms with van der Waals surface area (Å²) in [5.74, 6) is 0.759. The highest BCUT2D eigenvalue weighted by Crippen LogP contribution is 2.26. The van der Waals surface area contributed by atoms with Gasteiger partial charge in [-0.05, 0) is 48.9 Å². The smallest absolute Gasteiger partial charge is 0.138 e. The van der Waals surface area contributed by atoms with Gasteiger partial charge in [-0.15, -0.1) is 0 Å². The highest BCUT2D eigenvalue weighted by Gasteiger charge is 2.18. The quantitative estimate of drug-likeness (QED) is 0.885. The lowest BCUT2D eigenvalue weighted by Gasteiger charge is -2.23. The van der Waals surface area contributed by atoms with Gasteiger partial charge in [0, 0.05) is 15.5 Å². The number of rotatable bonds is 4. The maximum Gasteiger partial charge on any atom is 0.138 e. The van der Waals surface area contributed by atoms with Crippen LogP contribution < -0.4 is 10.5 Å². The van der Waals surface area contributed by atoms with Crippen LogP contribution in [0.2, 0.25) is 5.02 Å². The van der Waals surface area contributed by atoms with Crippen LogP contribution in [0.15, 0.2) is 53.0 Å². The molecule has 0 amide bonds. The predicted molar refractivity (Wildman–Crippen MR) is 82.6 cm³/mol. The molecular formula is C15H15BrClNO. The molecule has 2 nitrogen and oxygen atoms in total. The summed E-state index contributed by atoms with van der Waals surface area (Å²) in [5, 5.41) is 0.688. The fourth-order valence-corrected chi connectivity index (χ4v) is 2.18. The Balaban J connectivity index is 2.21. The molecule has 0 bridgehead atoms. The first kappa shape index (κ1) is 14.4. The molecule has 0 radical (unpaired) electrons. The highest BCUT2D eigenvalue weighted by atomic mass is 79.9. The first-order valence-corrected chi connectivity index (χ1v) is 7.16. The second-order valence-electron chi connectivity index (χ2n) is 4.40. The fraction of sp³-hybridized carbons (Fsp3) is 0.200. The first-order valence-electron chi connectivity index (χ1n) is 5.99. The van der Waals surface area contributed by atoms with Crippen LogP contribution in [0.3, 0.4) is 0 Å². The van der Waals surface area contributed by atoms with Crippen molar-refractivity contribution in [2.24, 2.45) is 5.73 Å². The van der Waals surface area contributed by atoms with E-state index in [1.165, 1.54) is 0 Å². The summed E-state index contributed by atoms with van der Waals surface area (Å²) < 4.78 is 6.99. The second kappa shape index (κ2) is 6.42. The maximum absolute atomic E-state index is 6.02. The van der Waals surface area contributed by atoms with Gasteiger partial charge in [0.05, 0.1) is 0 Å².